The van der Waals surface area contributed by atoms with E-state index < -0.39 is 4.92 Å². The molecule has 0 radical (unpaired) electrons. The molecule has 10 heteroatoms. The number of nitro groups is 1. The summed E-state index contributed by atoms with van der Waals surface area (Å²) in [5, 5.41) is 15.7. The van der Waals surface area contributed by atoms with Gasteiger partial charge in [0.2, 0.25) is 5.91 Å². The van der Waals surface area contributed by atoms with E-state index in [1.807, 2.05) is 36.4 Å². The number of carbonyl (C=O) groups is 1. The highest BCUT2D eigenvalue weighted by atomic mass is 79.9. The van der Waals surface area contributed by atoms with E-state index in [1.54, 1.807) is 12.1 Å². The Bertz CT molecular complexity index is 1130. The van der Waals surface area contributed by atoms with Crippen LogP contribution >= 0.6 is 39.3 Å². The van der Waals surface area contributed by atoms with Crippen LogP contribution in [0.3, 0.4) is 0 Å². The molecule has 0 aliphatic heterocycles. The highest BCUT2D eigenvalue weighted by molar-refractivity contribution is 9.10. The number of nitrogens with one attached hydrogen (secondary N) is 1. The van der Waals surface area contributed by atoms with E-state index >= 15 is 0 Å². The molecule has 0 aliphatic rings. The maximum absolute atomic E-state index is 12.1. The van der Waals surface area contributed by atoms with Gasteiger partial charge in [-0.2, -0.15) is 5.10 Å². The lowest BCUT2D eigenvalue weighted by atomic mass is 10.2. The highest BCUT2D eigenvalue weighted by Crippen LogP contribution is 2.24. The Balaban J connectivity index is 1.63. The van der Waals surface area contributed by atoms with Gasteiger partial charge in [0.1, 0.15) is 12.4 Å². The predicted molar refractivity (Wildman–Crippen MR) is 129 cm³/mol. The fourth-order valence-corrected chi connectivity index (χ4v) is 3.59. The predicted octanol–water partition coefficient (Wildman–Crippen LogP) is 5.83. The van der Waals surface area contributed by atoms with Gasteiger partial charge in [0.05, 0.1) is 16.9 Å². The van der Waals surface area contributed by atoms with Crippen LogP contribution in [0.2, 0.25) is 5.02 Å². The average molecular weight is 535 g/mol. The van der Waals surface area contributed by atoms with Gasteiger partial charge in [-0.3, -0.25) is 14.9 Å². The van der Waals surface area contributed by atoms with Gasteiger partial charge in [-0.1, -0.05) is 39.7 Å². The van der Waals surface area contributed by atoms with Crippen molar-refractivity contribution in [3.05, 3.63) is 97.5 Å². The number of ether oxygens (including phenoxy) is 1. The molecule has 1 amide bonds. The number of nitrogens with zero attached hydrogens (tertiary/aromatic N) is 2. The van der Waals surface area contributed by atoms with Crippen molar-refractivity contribution in [2.45, 2.75) is 11.5 Å². The number of carbonyl (C=O) groups excluding carboxylic acids is 1. The quantitative estimate of drug-likeness (QED) is 0.161. The smallest absolute Gasteiger partial charge is 0.270 e. The van der Waals surface area contributed by atoms with Crippen LogP contribution in [-0.4, -0.2) is 22.8 Å². The van der Waals surface area contributed by atoms with E-state index in [2.05, 4.69) is 26.5 Å². The summed E-state index contributed by atoms with van der Waals surface area (Å²) in [6.45, 7) is 0.274. The van der Waals surface area contributed by atoms with Gasteiger partial charge in [0, 0.05) is 32.1 Å². The second-order valence-electron chi connectivity index (χ2n) is 6.43. The second-order valence-corrected chi connectivity index (χ2v) is 8.83. The largest absolute Gasteiger partial charge is 0.488 e. The average Bonchev–Trinajstić information content (AvgIpc) is 2.78. The lowest BCUT2D eigenvalue weighted by Gasteiger charge is -2.09. The molecule has 0 saturated heterocycles. The number of hydrogen-bond donors (Lipinski definition) is 1. The highest BCUT2D eigenvalue weighted by Gasteiger charge is 2.11. The van der Waals surface area contributed by atoms with Crippen LogP contribution < -0.4 is 10.2 Å². The van der Waals surface area contributed by atoms with E-state index in [1.165, 1.54) is 36.2 Å². The van der Waals surface area contributed by atoms with Gasteiger partial charge >= 0.3 is 0 Å². The lowest BCUT2D eigenvalue weighted by molar-refractivity contribution is -0.384. The minimum atomic E-state index is -0.503. The zero-order valence-electron chi connectivity index (χ0n) is 16.5. The summed E-state index contributed by atoms with van der Waals surface area (Å²) < 4.78 is 6.77. The summed E-state index contributed by atoms with van der Waals surface area (Å²) in [4.78, 5) is 23.6. The number of non-ortho nitro benzene ring substituents is 1. The Morgan fingerprint density at radius 1 is 1.16 bits per heavy atom. The Labute approximate surface area is 202 Å². The summed E-state index contributed by atoms with van der Waals surface area (Å²) in [6, 6.07) is 19.0. The SMILES string of the molecule is O=C(CSc1ccc(Cl)cc1)NN=Cc1cc([N+](=O)[O-])ccc1OCc1ccc(Br)cc1. The third-order valence-corrected chi connectivity index (χ3v) is 5.88. The topological polar surface area (TPSA) is 93.8 Å². The molecular formula is C22H17BrClN3O4S. The molecule has 3 aromatic rings. The fraction of sp³-hybridized carbons (Fsp3) is 0.0909. The molecule has 164 valence electrons. The zero-order chi connectivity index (χ0) is 22.9. The Morgan fingerprint density at radius 3 is 2.56 bits per heavy atom. The van der Waals surface area contributed by atoms with Gasteiger partial charge in [-0.25, -0.2) is 5.43 Å². The van der Waals surface area contributed by atoms with Gasteiger partial charge < -0.3 is 4.74 Å². The van der Waals surface area contributed by atoms with Crippen LogP contribution in [0.1, 0.15) is 11.1 Å². The Morgan fingerprint density at radius 2 is 1.88 bits per heavy atom. The van der Waals surface area contributed by atoms with Crippen molar-refractivity contribution in [1.82, 2.24) is 5.43 Å². The first kappa shape index (κ1) is 23.8. The maximum atomic E-state index is 12.1. The Hall–Kier alpha value is -2.88. The molecular weight excluding hydrogens is 518 g/mol. The first-order valence-corrected chi connectivity index (χ1v) is 11.4. The number of hydrogen-bond acceptors (Lipinski definition) is 6. The molecule has 7 nitrogen and oxygen atoms in total. The van der Waals surface area contributed by atoms with E-state index in [0.29, 0.717) is 16.3 Å². The van der Waals surface area contributed by atoms with Crippen LogP contribution in [0.5, 0.6) is 5.75 Å². The maximum Gasteiger partial charge on any atom is 0.270 e. The van der Waals surface area contributed by atoms with Crippen molar-refractivity contribution in [2.24, 2.45) is 5.10 Å². The van der Waals surface area contributed by atoms with Crippen molar-refractivity contribution in [3.63, 3.8) is 0 Å². The van der Waals surface area contributed by atoms with E-state index in [-0.39, 0.29) is 24.0 Å². The summed E-state index contributed by atoms with van der Waals surface area (Å²) in [5.41, 5.74) is 3.63. The number of thioether (sulfide) groups is 1. The summed E-state index contributed by atoms with van der Waals surface area (Å²) in [6.07, 6.45) is 1.33. The summed E-state index contributed by atoms with van der Waals surface area (Å²) in [5.74, 6) is 0.247. The number of halogens is 2. The van der Waals surface area contributed by atoms with E-state index in [0.717, 1.165) is 14.9 Å². The van der Waals surface area contributed by atoms with Crippen LogP contribution in [0.15, 0.2) is 81.2 Å². The molecule has 0 unspecified atom stereocenters. The zero-order valence-corrected chi connectivity index (χ0v) is 19.7. The molecule has 1 N–H and O–H groups in total. The molecule has 3 aromatic carbocycles. The van der Waals surface area contributed by atoms with Crippen molar-refractivity contribution in [3.8, 4) is 5.75 Å². The van der Waals surface area contributed by atoms with Crippen LogP contribution in [0.4, 0.5) is 5.69 Å². The standard InChI is InChI=1S/C22H17BrClN3O4S/c23-17-3-1-15(2-4-17)13-31-21-10-7-19(27(29)30)11-16(21)12-25-26-22(28)14-32-20-8-5-18(24)6-9-20/h1-12H,13-14H2,(H,26,28). The molecule has 3 rings (SSSR count). The summed E-state index contributed by atoms with van der Waals surface area (Å²) in [7, 11) is 0. The Kier molecular flexibility index (Phi) is 8.66. The number of benzene rings is 3. The monoisotopic (exact) mass is 533 g/mol. The number of hydrazone groups is 1. The van der Waals surface area contributed by atoms with Crippen molar-refractivity contribution in [1.29, 1.82) is 0 Å². The molecule has 0 aliphatic carbocycles. The first-order chi connectivity index (χ1) is 15.4. The van der Waals surface area contributed by atoms with E-state index in [4.69, 9.17) is 16.3 Å². The molecule has 0 heterocycles. The van der Waals surface area contributed by atoms with Crippen LogP contribution in [0, 0.1) is 10.1 Å². The molecule has 0 fully saturated rings. The normalized spacial score (nSPS) is 10.8. The first-order valence-electron chi connectivity index (χ1n) is 9.26. The minimum Gasteiger partial charge on any atom is -0.488 e. The van der Waals surface area contributed by atoms with Gasteiger partial charge in [0.15, 0.2) is 0 Å². The van der Waals surface area contributed by atoms with Gasteiger partial charge in [-0.15, -0.1) is 11.8 Å². The lowest BCUT2D eigenvalue weighted by Crippen LogP contribution is -2.19. The number of nitro benzene ring substituents is 1. The number of rotatable bonds is 9. The third-order valence-electron chi connectivity index (χ3n) is 4.09. The van der Waals surface area contributed by atoms with Crippen molar-refractivity contribution >= 4 is 57.1 Å². The van der Waals surface area contributed by atoms with Crippen LogP contribution in [0.25, 0.3) is 0 Å². The van der Waals surface area contributed by atoms with Crippen LogP contribution in [-0.2, 0) is 11.4 Å². The minimum absolute atomic E-state index is 0.105. The van der Waals surface area contributed by atoms with Gasteiger partial charge in [-0.05, 0) is 48.0 Å². The number of amides is 1. The molecule has 32 heavy (non-hydrogen) atoms. The summed E-state index contributed by atoms with van der Waals surface area (Å²) >= 11 is 10.6. The molecule has 0 aromatic heterocycles. The molecule has 0 bridgehead atoms. The third kappa shape index (κ3) is 7.37. The molecule has 0 atom stereocenters. The molecule has 0 spiro atoms. The van der Waals surface area contributed by atoms with Gasteiger partial charge in [0.25, 0.3) is 5.69 Å². The van der Waals surface area contributed by atoms with Crippen molar-refractivity contribution < 1.29 is 14.5 Å². The van der Waals surface area contributed by atoms with E-state index in [9.17, 15) is 14.9 Å². The fourth-order valence-electron chi connectivity index (χ4n) is 2.51. The second kappa shape index (κ2) is 11.7. The van der Waals surface area contributed by atoms with Crippen molar-refractivity contribution in [2.75, 3.05) is 5.75 Å². The molecule has 0 saturated carbocycles.